The van der Waals surface area contributed by atoms with E-state index in [1.54, 1.807) is 0 Å². The van der Waals surface area contributed by atoms with Gasteiger partial charge in [-0.3, -0.25) is 0 Å². The molecule has 1 aliphatic heterocycles. The Bertz CT molecular complexity index is 618. The van der Waals surface area contributed by atoms with Crippen LogP contribution in [0.15, 0.2) is 42.5 Å². The largest absolute Gasteiger partial charge is 0.493 e. The number of ether oxygens (including phenoxy) is 2. The van der Waals surface area contributed by atoms with Gasteiger partial charge in [-0.15, -0.1) is 0 Å². The van der Waals surface area contributed by atoms with Crippen molar-refractivity contribution in [1.29, 1.82) is 0 Å². The fraction of sp³-hybridized carbons (Fsp3) is 0.333. The summed E-state index contributed by atoms with van der Waals surface area (Å²) in [7, 11) is 0. The van der Waals surface area contributed by atoms with Gasteiger partial charge in [-0.05, 0) is 42.7 Å². The predicted molar refractivity (Wildman–Crippen MR) is 85.4 cm³/mol. The van der Waals surface area contributed by atoms with Crippen molar-refractivity contribution in [3.8, 4) is 16.9 Å². The van der Waals surface area contributed by atoms with Gasteiger partial charge in [-0.1, -0.05) is 24.3 Å². The Morgan fingerprint density at radius 1 is 1.19 bits per heavy atom. The third-order valence-electron chi connectivity index (χ3n) is 3.94. The summed E-state index contributed by atoms with van der Waals surface area (Å²) in [5.74, 6) is 1.41. The van der Waals surface area contributed by atoms with E-state index in [0.717, 1.165) is 42.2 Å². The van der Waals surface area contributed by atoms with Crippen molar-refractivity contribution >= 4 is 5.69 Å². The van der Waals surface area contributed by atoms with Gasteiger partial charge in [0.25, 0.3) is 0 Å². The van der Waals surface area contributed by atoms with E-state index < -0.39 is 0 Å². The van der Waals surface area contributed by atoms with Crippen LogP contribution in [-0.4, -0.2) is 19.8 Å². The highest BCUT2D eigenvalue weighted by atomic mass is 16.5. The lowest BCUT2D eigenvalue weighted by molar-refractivity contribution is 0.167. The highest BCUT2D eigenvalue weighted by Crippen LogP contribution is 2.33. The fourth-order valence-electron chi connectivity index (χ4n) is 2.67. The molecule has 2 N–H and O–H groups in total. The molecule has 1 heterocycles. The van der Waals surface area contributed by atoms with Crippen LogP contribution in [0.2, 0.25) is 0 Å². The van der Waals surface area contributed by atoms with Gasteiger partial charge < -0.3 is 15.2 Å². The second kappa shape index (κ2) is 6.19. The Morgan fingerprint density at radius 3 is 2.86 bits per heavy atom. The minimum atomic E-state index is 0.500. The summed E-state index contributed by atoms with van der Waals surface area (Å²) in [6.07, 6.45) is 1.08. The molecule has 2 aromatic rings. The van der Waals surface area contributed by atoms with E-state index in [-0.39, 0.29) is 0 Å². The zero-order valence-corrected chi connectivity index (χ0v) is 12.3. The number of nitrogens with two attached hydrogens (primary N) is 1. The summed E-state index contributed by atoms with van der Waals surface area (Å²) >= 11 is 0. The highest BCUT2D eigenvalue weighted by molar-refractivity contribution is 5.75. The standard InChI is InChI=1S/C18H21NO2/c1-13-6-7-15(19)10-17(13)16-4-2-3-5-18(16)21-12-14-8-9-20-11-14/h2-7,10,14H,8-9,11-12,19H2,1H3. The molecule has 3 nitrogen and oxygen atoms in total. The quantitative estimate of drug-likeness (QED) is 0.871. The van der Waals surface area contributed by atoms with Gasteiger partial charge in [-0.25, -0.2) is 0 Å². The summed E-state index contributed by atoms with van der Waals surface area (Å²) in [5.41, 5.74) is 10.1. The fourth-order valence-corrected chi connectivity index (χ4v) is 2.67. The zero-order valence-electron chi connectivity index (χ0n) is 12.3. The molecule has 1 atom stereocenters. The summed E-state index contributed by atoms with van der Waals surface area (Å²) in [5, 5.41) is 0. The number of anilines is 1. The number of nitrogen functional groups attached to an aromatic ring is 1. The first-order valence-electron chi connectivity index (χ1n) is 7.40. The van der Waals surface area contributed by atoms with Crippen LogP contribution in [-0.2, 0) is 4.74 Å². The van der Waals surface area contributed by atoms with E-state index in [4.69, 9.17) is 15.2 Å². The molecular formula is C18H21NO2. The third-order valence-corrected chi connectivity index (χ3v) is 3.94. The molecule has 0 saturated carbocycles. The van der Waals surface area contributed by atoms with Gasteiger partial charge in [0.1, 0.15) is 5.75 Å². The molecule has 1 unspecified atom stereocenters. The lowest BCUT2D eigenvalue weighted by Gasteiger charge is -2.15. The molecule has 3 rings (SSSR count). The van der Waals surface area contributed by atoms with Crippen molar-refractivity contribution in [3.63, 3.8) is 0 Å². The zero-order chi connectivity index (χ0) is 14.7. The second-order valence-corrected chi connectivity index (χ2v) is 5.61. The molecule has 0 bridgehead atoms. The summed E-state index contributed by atoms with van der Waals surface area (Å²) < 4.78 is 11.4. The number of rotatable bonds is 4. The molecule has 110 valence electrons. The average Bonchev–Trinajstić information content (AvgIpc) is 3.01. The number of hydrogen-bond donors (Lipinski definition) is 1. The first-order valence-corrected chi connectivity index (χ1v) is 7.40. The van der Waals surface area contributed by atoms with Gasteiger partial charge in [0, 0.05) is 23.8 Å². The molecule has 1 saturated heterocycles. The van der Waals surface area contributed by atoms with Gasteiger partial charge in [0.2, 0.25) is 0 Å². The molecule has 0 radical (unpaired) electrons. The van der Waals surface area contributed by atoms with Crippen LogP contribution in [0, 0.1) is 12.8 Å². The minimum Gasteiger partial charge on any atom is -0.493 e. The van der Waals surface area contributed by atoms with Gasteiger partial charge >= 0.3 is 0 Å². The van der Waals surface area contributed by atoms with Crippen molar-refractivity contribution in [1.82, 2.24) is 0 Å². The average molecular weight is 283 g/mol. The van der Waals surface area contributed by atoms with Crippen LogP contribution in [0.4, 0.5) is 5.69 Å². The van der Waals surface area contributed by atoms with Gasteiger partial charge in [0.05, 0.1) is 13.2 Å². The van der Waals surface area contributed by atoms with Crippen molar-refractivity contribution < 1.29 is 9.47 Å². The van der Waals surface area contributed by atoms with Crippen LogP contribution in [0.5, 0.6) is 5.75 Å². The van der Waals surface area contributed by atoms with Crippen LogP contribution in [0.1, 0.15) is 12.0 Å². The Balaban J connectivity index is 1.86. The van der Waals surface area contributed by atoms with Crippen LogP contribution in [0.3, 0.4) is 0 Å². The monoisotopic (exact) mass is 283 g/mol. The molecule has 1 fully saturated rings. The van der Waals surface area contributed by atoms with E-state index in [9.17, 15) is 0 Å². The molecule has 0 spiro atoms. The minimum absolute atomic E-state index is 0.500. The Labute approximate surface area is 125 Å². The normalized spacial score (nSPS) is 17.9. The van der Waals surface area contributed by atoms with E-state index in [1.807, 2.05) is 36.4 Å². The Kier molecular flexibility index (Phi) is 4.11. The van der Waals surface area contributed by atoms with Crippen LogP contribution in [0.25, 0.3) is 11.1 Å². The molecule has 21 heavy (non-hydrogen) atoms. The van der Waals surface area contributed by atoms with Crippen molar-refractivity contribution in [2.75, 3.05) is 25.6 Å². The molecule has 0 amide bonds. The first-order chi connectivity index (χ1) is 10.2. The van der Waals surface area contributed by atoms with E-state index in [1.165, 1.54) is 5.56 Å². The van der Waals surface area contributed by atoms with E-state index in [0.29, 0.717) is 12.5 Å². The van der Waals surface area contributed by atoms with E-state index in [2.05, 4.69) is 13.0 Å². The summed E-state index contributed by atoms with van der Waals surface area (Å²) in [4.78, 5) is 0. The maximum atomic E-state index is 6.05. The molecular weight excluding hydrogens is 262 g/mol. The van der Waals surface area contributed by atoms with Crippen molar-refractivity contribution in [3.05, 3.63) is 48.0 Å². The van der Waals surface area contributed by atoms with E-state index >= 15 is 0 Å². The smallest absolute Gasteiger partial charge is 0.127 e. The lowest BCUT2D eigenvalue weighted by Crippen LogP contribution is -2.12. The van der Waals surface area contributed by atoms with Crippen LogP contribution >= 0.6 is 0 Å². The number of para-hydroxylation sites is 1. The van der Waals surface area contributed by atoms with Gasteiger partial charge in [-0.2, -0.15) is 0 Å². The summed E-state index contributed by atoms with van der Waals surface area (Å²) in [6, 6.07) is 14.1. The molecule has 0 aliphatic carbocycles. The topological polar surface area (TPSA) is 44.5 Å². The molecule has 2 aromatic carbocycles. The van der Waals surface area contributed by atoms with Crippen molar-refractivity contribution in [2.45, 2.75) is 13.3 Å². The Hall–Kier alpha value is -2.00. The molecule has 1 aliphatic rings. The molecule has 0 aromatic heterocycles. The third kappa shape index (κ3) is 3.19. The number of aryl methyl sites for hydroxylation is 1. The Morgan fingerprint density at radius 2 is 2.05 bits per heavy atom. The first kappa shape index (κ1) is 14.0. The number of benzene rings is 2. The highest BCUT2D eigenvalue weighted by Gasteiger charge is 2.17. The maximum Gasteiger partial charge on any atom is 0.127 e. The number of hydrogen-bond acceptors (Lipinski definition) is 3. The molecule has 3 heteroatoms. The maximum absolute atomic E-state index is 6.05. The van der Waals surface area contributed by atoms with Crippen molar-refractivity contribution in [2.24, 2.45) is 5.92 Å². The van der Waals surface area contributed by atoms with Gasteiger partial charge in [0.15, 0.2) is 0 Å². The summed E-state index contributed by atoms with van der Waals surface area (Å²) in [6.45, 7) is 4.46. The SMILES string of the molecule is Cc1ccc(N)cc1-c1ccccc1OCC1CCOC1. The predicted octanol–water partition coefficient (Wildman–Crippen LogP) is 3.66. The lowest BCUT2D eigenvalue weighted by atomic mass is 9.99. The van der Waals surface area contributed by atoms with Crippen LogP contribution < -0.4 is 10.5 Å². The second-order valence-electron chi connectivity index (χ2n) is 5.61.